The number of nitrogens with one attached hydrogen (secondary N) is 1. The maximum Gasteiger partial charge on any atom is 0.0948 e. The molecule has 0 aliphatic carbocycles. The van der Waals surface area contributed by atoms with Crippen LogP contribution < -0.4 is 5.32 Å². The topological polar surface area (TPSA) is 29.9 Å². The second-order valence-corrected chi connectivity index (χ2v) is 5.70. The van der Waals surface area contributed by atoms with Crippen LogP contribution in [0.4, 0.5) is 0 Å². The van der Waals surface area contributed by atoms with Crippen LogP contribution in [0.1, 0.15) is 43.8 Å². The SMILES string of the molecule is CSCCCCn1cncc1C1CCCCN1. The van der Waals surface area contributed by atoms with Gasteiger partial charge >= 0.3 is 0 Å². The molecule has 3 nitrogen and oxygen atoms in total. The number of thioether (sulfide) groups is 1. The van der Waals surface area contributed by atoms with Gasteiger partial charge in [-0.05, 0) is 44.2 Å². The molecule has 1 N–H and O–H groups in total. The van der Waals surface area contributed by atoms with Gasteiger partial charge < -0.3 is 9.88 Å². The predicted octanol–water partition coefficient (Wildman–Crippen LogP) is 2.84. The van der Waals surface area contributed by atoms with E-state index in [-0.39, 0.29) is 0 Å². The van der Waals surface area contributed by atoms with Crippen molar-refractivity contribution in [2.75, 3.05) is 18.6 Å². The molecule has 1 unspecified atom stereocenters. The van der Waals surface area contributed by atoms with Gasteiger partial charge in [0.2, 0.25) is 0 Å². The van der Waals surface area contributed by atoms with E-state index in [0.29, 0.717) is 6.04 Å². The monoisotopic (exact) mass is 253 g/mol. The minimum absolute atomic E-state index is 0.534. The highest BCUT2D eigenvalue weighted by Gasteiger charge is 2.17. The van der Waals surface area contributed by atoms with Crippen LogP contribution in [0, 0.1) is 0 Å². The molecule has 1 saturated heterocycles. The summed E-state index contributed by atoms with van der Waals surface area (Å²) in [6, 6.07) is 0.534. The molecule has 1 aliphatic rings. The number of hydrogen-bond acceptors (Lipinski definition) is 3. The van der Waals surface area contributed by atoms with Crippen molar-refractivity contribution in [3.63, 3.8) is 0 Å². The van der Waals surface area contributed by atoms with Gasteiger partial charge in [0, 0.05) is 18.8 Å². The van der Waals surface area contributed by atoms with Gasteiger partial charge in [-0.2, -0.15) is 11.8 Å². The number of unbranched alkanes of at least 4 members (excludes halogenated alkanes) is 1. The zero-order valence-corrected chi connectivity index (χ0v) is 11.5. The molecule has 1 fully saturated rings. The lowest BCUT2D eigenvalue weighted by molar-refractivity contribution is 0.391. The van der Waals surface area contributed by atoms with Gasteiger partial charge in [-0.3, -0.25) is 0 Å². The second kappa shape index (κ2) is 7.07. The molecule has 0 bridgehead atoms. The van der Waals surface area contributed by atoms with Crippen LogP contribution in [-0.2, 0) is 6.54 Å². The Kier molecular flexibility index (Phi) is 5.39. The van der Waals surface area contributed by atoms with Crippen molar-refractivity contribution in [2.24, 2.45) is 0 Å². The van der Waals surface area contributed by atoms with Crippen molar-refractivity contribution in [1.29, 1.82) is 0 Å². The maximum absolute atomic E-state index is 4.31. The summed E-state index contributed by atoms with van der Waals surface area (Å²) in [6.07, 6.45) is 12.7. The third-order valence-corrected chi connectivity index (χ3v) is 4.11. The highest BCUT2D eigenvalue weighted by Crippen LogP contribution is 2.22. The molecule has 1 aromatic heterocycles. The van der Waals surface area contributed by atoms with Crippen LogP contribution in [-0.4, -0.2) is 28.1 Å². The number of hydrogen-bond donors (Lipinski definition) is 1. The number of piperidine rings is 1. The molecule has 17 heavy (non-hydrogen) atoms. The highest BCUT2D eigenvalue weighted by atomic mass is 32.2. The summed E-state index contributed by atoms with van der Waals surface area (Å²) in [5.74, 6) is 1.27. The van der Waals surface area contributed by atoms with E-state index in [1.165, 1.54) is 43.6 Å². The first-order valence-corrected chi connectivity index (χ1v) is 8.03. The molecule has 0 radical (unpaired) electrons. The first-order valence-electron chi connectivity index (χ1n) is 6.64. The number of aromatic nitrogens is 2. The summed E-state index contributed by atoms with van der Waals surface area (Å²) < 4.78 is 2.34. The Bertz CT molecular complexity index is 318. The minimum Gasteiger partial charge on any atom is -0.333 e. The van der Waals surface area contributed by atoms with E-state index in [4.69, 9.17) is 0 Å². The molecular weight excluding hydrogens is 230 g/mol. The van der Waals surface area contributed by atoms with Crippen LogP contribution >= 0.6 is 11.8 Å². The quantitative estimate of drug-likeness (QED) is 0.791. The van der Waals surface area contributed by atoms with Crippen LogP contribution in [0.5, 0.6) is 0 Å². The standard InChI is InChI=1S/C13H23N3S/c1-17-9-5-4-8-16-11-14-10-13(16)12-6-2-3-7-15-12/h10-12,15H,2-9H2,1H3. The Morgan fingerprint density at radius 1 is 1.47 bits per heavy atom. The van der Waals surface area contributed by atoms with E-state index in [0.717, 1.165) is 13.1 Å². The molecule has 0 amide bonds. The fraction of sp³-hybridized carbons (Fsp3) is 0.769. The predicted molar refractivity (Wildman–Crippen MR) is 74.4 cm³/mol. The van der Waals surface area contributed by atoms with Gasteiger partial charge in [-0.1, -0.05) is 6.42 Å². The first-order chi connectivity index (χ1) is 8.42. The Hall–Kier alpha value is -0.480. The average molecular weight is 253 g/mol. The minimum atomic E-state index is 0.534. The molecule has 1 aromatic rings. The molecule has 1 aliphatic heterocycles. The average Bonchev–Trinajstić information content (AvgIpc) is 2.84. The lowest BCUT2D eigenvalue weighted by Gasteiger charge is -2.24. The van der Waals surface area contributed by atoms with Crippen molar-refractivity contribution in [2.45, 2.75) is 44.7 Å². The Balaban J connectivity index is 1.87. The van der Waals surface area contributed by atoms with Gasteiger partial charge in [0.05, 0.1) is 12.0 Å². The Labute approximate surface area is 108 Å². The van der Waals surface area contributed by atoms with Crippen molar-refractivity contribution in [1.82, 2.24) is 14.9 Å². The third-order valence-electron chi connectivity index (χ3n) is 3.41. The maximum atomic E-state index is 4.31. The molecule has 0 aromatic carbocycles. The number of rotatable bonds is 6. The molecular formula is C13H23N3S. The van der Waals surface area contributed by atoms with Gasteiger partial charge in [-0.15, -0.1) is 0 Å². The molecule has 0 spiro atoms. The normalized spacial score (nSPS) is 20.6. The number of nitrogens with zero attached hydrogens (tertiary/aromatic N) is 2. The zero-order chi connectivity index (χ0) is 11.9. The van der Waals surface area contributed by atoms with E-state index >= 15 is 0 Å². The van der Waals surface area contributed by atoms with Gasteiger partial charge in [0.25, 0.3) is 0 Å². The first kappa shape index (κ1) is 13.0. The molecule has 2 heterocycles. The van der Waals surface area contributed by atoms with Gasteiger partial charge in [0.1, 0.15) is 0 Å². The van der Waals surface area contributed by atoms with Gasteiger partial charge in [-0.25, -0.2) is 4.98 Å². The van der Waals surface area contributed by atoms with E-state index in [2.05, 4.69) is 21.1 Å². The van der Waals surface area contributed by atoms with Crippen LogP contribution in [0.15, 0.2) is 12.5 Å². The number of imidazole rings is 1. The second-order valence-electron chi connectivity index (χ2n) is 4.71. The van der Waals surface area contributed by atoms with E-state index in [9.17, 15) is 0 Å². The van der Waals surface area contributed by atoms with Crippen LogP contribution in [0.25, 0.3) is 0 Å². The smallest absolute Gasteiger partial charge is 0.0948 e. The summed E-state index contributed by atoms with van der Waals surface area (Å²) in [5, 5.41) is 3.60. The fourth-order valence-electron chi connectivity index (χ4n) is 2.44. The van der Waals surface area contributed by atoms with Crippen molar-refractivity contribution >= 4 is 11.8 Å². The summed E-state index contributed by atoms with van der Waals surface area (Å²) in [7, 11) is 0. The van der Waals surface area contributed by atoms with E-state index in [1.54, 1.807) is 0 Å². The van der Waals surface area contributed by atoms with Crippen molar-refractivity contribution in [3.8, 4) is 0 Å². The lowest BCUT2D eigenvalue weighted by atomic mass is 10.0. The third kappa shape index (κ3) is 3.75. The molecule has 4 heteroatoms. The van der Waals surface area contributed by atoms with Crippen molar-refractivity contribution in [3.05, 3.63) is 18.2 Å². The summed E-state index contributed by atoms with van der Waals surface area (Å²) in [4.78, 5) is 4.31. The Morgan fingerprint density at radius 2 is 2.41 bits per heavy atom. The molecule has 0 saturated carbocycles. The van der Waals surface area contributed by atoms with Gasteiger partial charge in [0.15, 0.2) is 0 Å². The molecule has 1 atom stereocenters. The fourth-order valence-corrected chi connectivity index (χ4v) is 2.93. The van der Waals surface area contributed by atoms with E-state index < -0.39 is 0 Å². The largest absolute Gasteiger partial charge is 0.333 e. The lowest BCUT2D eigenvalue weighted by Crippen LogP contribution is -2.28. The molecule has 2 rings (SSSR count). The zero-order valence-electron chi connectivity index (χ0n) is 10.7. The Morgan fingerprint density at radius 3 is 3.18 bits per heavy atom. The summed E-state index contributed by atoms with van der Waals surface area (Å²) >= 11 is 1.93. The van der Waals surface area contributed by atoms with Crippen LogP contribution in [0.3, 0.4) is 0 Å². The van der Waals surface area contributed by atoms with Crippen LogP contribution in [0.2, 0.25) is 0 Å². The highest BCUT2D eigenvalue weighted by molar-refractivity contribution is 7.98. The summed E-state index contributed by atoms with van der Waals surface area (Å²) in [6.45, 7) is 2.27. The number of aryl methyl sites for hydroxylation is 1. The van der Waals surface area contributed by atoms with E-state index in [1.807, 2.05) is 24.3 Å². The van der Waals surface area contributed by atoms with Crippen molar-refractivity contribution < 1.29 is 0 Å². The summed E-state index contributed by atoms with van der Waals surface area (Å²) in [5.41, 5.74) is 1.38. The molecule has 96 valence electrons.